The number of nitrogens with zero attached hydrogens (tertiary/aromatic N) is 3. The predicted molar refractivity (Wildman–Crippen MR) is 89.4 cm³/mol. The number of rotatable bonds is 3. The number of carbonyl (C=O) groups is 1. The molecule has 1 aromatic carbocycles. The molecule has 1 amide bonds. The zero-order valence-electron chi connectivity index (χ0n) is 12.7. The molecule has 0 aliphatic carbocycles. The number of likely N-dealkylation sites (N-methyl/N-ethyl adjacent to an activating group) is 1. The van der Waals surface area contributed by atoms with Crippen molar-refractivity contribution in [3.05, 3.63) is 46.2 Å². The lowest BCUT2D eigenvalue weighted by molar-refractivity contribution is 0.0734. The normalized spacial score (nSPS) is 17.7. The van der Waals surface area contributed by atoms with Gasteiger partial charge in [0.25, 0.3) is 5.91 Å². The number of nitrogens with one attached hydrogen (secondary N) is 1. The van der Waals surface area contributed by atoms with Crippen LogP contribution in [0.5, 0.6) is 0 Å². The average Bonchev–Trinajstić information content (AvgIpc) is 3.16. The Morgan fingerprint density at radius 2 is 2.14 bits per heavy atom. The predicted octanol–water partition coefficient (Wildman–Crippen LogP) is 2.38. The highest BCUT2D eigenvalue weighted by molar-refractivity contribution is 9.10. The average molecular weight is 363 g/mol. The van der Waals surface area contributed by atoms with E-state index in [0.29, 0.717) is 10.3 Å². The van der Waals surface area contributed by atoms with Crippen molar-refractivity contribution in [2.45, 2.75) is 19.4 Å². The molecule has 116 valence electrons. The molecule has 1 aromatic heterocycles. The van der Waals surface area contributed by atoms with Crippen molar-refractivity contribution in [3.8, 4) is 5.69 Å². The summed E-state index contributed by atoms with van der Waals surface area (Å²) >= 11 is 3.38. The topological polar surface area (TPSA) is 50.2 Å². The third-order valence-corrected chi connectivity index (χ3v) is 4.47. The maximum atomic E-state index is 12.8. The van der Waals surface area contributed by atoms with E-state index in [4.69, 9.17) is 0 Å². The van der Waals surface area contributed by atoms with Gasteiger partial charge in [-0.2, -0.15) is 5.10 Å². The molecule has 5 nitrogen and oxygen atoms in total. The van der Waals surface area contributed by atoms with Gasteiger partial charge in [-0.3, -0.25) is 4.79 Å². The molecule has 1 atom stereocenters. The summed E-state index contributed by atoms with van der Waals surface area (Å²) < 4.78 is 2.36. The smallest absolute Gasteiger partial charge is 0.272 e. The van der Waals surface area contributed by atoms with Crippen LogP contribution in [-0.2, 0) is 0 Å². The van der Waals surface area contributed by atoms with E-state index in [9.17, 15) is 4.79 Å². The van der Waals surface area contributed by atoms with Crippen LogP contribution in [0.3, 0.4) is 0 Å². The van der Waals surface area contributed by atoms with Gasteiger partial charge in [0.2, 0.25) is 0 Å². The lowest BCUT2D eigenvalue weighted by Gasteiger charge is -2.24. The first-order chi connectivity index (χ1) is 10.6. The lowest BCUT2D eigenvalue weighted by atomic mass is 10.2. The highest BCUT2D eigenvalue weighted by atomic mass is 79.9. The third kappa shape index (κ3) is 2.94. The van der Waals surface area contributed by atoms with Gasteiger partial charge in [0.1, 0.15) is 10.3 Å². The van der Waals surface area contributed by atoms with Crippen LogP contribution in [0.15, 0.2) is 34.9 Å². The minimum absolute atomic E-state index is 0.00697. The van der Waals surface area contributed by atoms with Crippen molar-refractivity contribution in [1.29, 1.82) is 0 Å². The van der Waals surface area contributed by atoms with E-state index in [-0.39, 0.29) is 11.9 Å². The number of hydrogen-bond donors (Lipinski definition) is 1. The van der Waals surface area contributed by atoms with Crippen LogP contribution in [-0.4, -0.2) is 46.8 Å². The molecule has 6 heteroatoms. The summed E-state index contributed by atoms with van der Waals surface area (Å²) in [6.07, 6.45) is 0.988. The summed E-state index contributed by atoms with van der Waals surface area (Å²) in [5.41, 5.74) is 2.64. The summed E-state index contributed by atoms with van der Waals surface area (Å²) in [6, 6.07) is 10.0. The summed E-state index contributed by atoms with van der Waals surface area (Å²) in [7, 11) is 1.86. The van der Waals surface area contributed by atoms with E-state index in [0.717, 1.165) is 25.2 Å². The Hall–Kier alpha value is -1.66. The second-order valence-corrected chi connectivity index (χ2v) is 6.47. The summed E-state index contributed by atoms with van der Waals surface area (Å²) in [6.45, 7) is 3.85. The largest absolute Gasteiger partial charge is 0.336 e. The standard InChI is InChI=1S/C16H19BrN4O/c1-11-3-5-12(6-4-11)21-14(9-15(17)19-21)16(22)20(2)13-7-8-18-10-13/h3-6,9,13,18H,7-8,10H2,1-2H3. The van der Waals surface area contributed by atoms with Crippen LogP contribution in [0, 0.1) is 6.92 Å². The number of carbonyl (C=O) groups excluding carboxylic acids is 1. The highest BCUT2D eigenvalue weighted by Gasteiger charge is 2.27. The molecule has 1 unspecified atom stereocenters. The fraction of sp³-hybridized carbons (Fsp3) is 0.375. The van der Waals surface area contributed by atoms with Gasteiger partial charge in [-0.25, -0.2) is 4.68 Å². The zero-order valence-corrected chi connectivity index (χ0v) is 14.3. The molecule has 0 radical (unpaired) electrons. The number of hydrogen-bond acceptors (Lipinski definition) is 3. The first-order valence-electron chi connectivity index (χ1n) is 7.37. The van der Waals surface area contributed by atoms with E-state index >= 15 is 0 Å². The molecule has 0 spiro atoms. The van der Waals surface area contributed by atoms with Crippen molar-refractivity contribution < 1.29 is 4.79 Å². The van der Waals surface area contributed by atoms with Gasteiger partial charge in [-0.1, -0.05) is 17.7 Å². The van der Waals surface area contributed by atoms with Gasteiger partial charge in [0.05, 0.1) is 5.69 Å². The molecule has 0 saturated carbocycles. The first-order valence-corrected chi connectivity index (χ1v) is 8.16. The van der Waals surface area contributed by atoms with E-state index < -0.39 is 0 Å². The molecule has 1 aliphatic heterocycles. The molecule has 0 bridgehead atoms. The number of aryl methyl sites for hydroxylation is 1. The van der Waals surface area contributed by atoms with Gasteiger partial charge in [-0.05, 0) is 48.0 Å². The van der Waals surface area contributed by atoms with E-state index in [1.165, 1.54) is 5.56 Å². The molecule has 1 N–H and O–H groups in total. The Labute approximate surface area is 138 Å². The van der Waals surface area contributed by atoms with Crippen LogP contribution in [0.2, 0.25) is 0 Å². The van der Waals surface area contributed by atoms with E-state index in [2.05, 4.69) is 26.3 Å². The Kier molecular flexibility index (Phi) is 4.31. The quantitative estimate of drug-likeness (QED) is 0.911. The molecule has 1 saturated heterocycles. The Morgan fingerprint density at radius 1 is 1.41 bits per heavy atom. The third-order valence-electron chi connectivity index (χ3n) is 4.08. The number of benzene rings is 1. The molecule has 1 fully saturated rings. The number of aromatic nitrogens is 2. The zero-order chi connectivity index (χ0) is 15.7. The molecule has 1 aliphatic rings. The van der Waals surface area contributed by atoms with Crippen LogP contribution < -0.4 is 5.32 Å². The van der Waals surface area contributed by atoms with Gasteiger partial charge in [0, 0.05) is 25.7 Å². The fourth-order valence-corrected chi connectivity index (χ4v) is 3.08. The second kappa shape index (κ2) is 6.22. The molecule has 3 rings (SSSR count). The molecule has 22 heavy (non-hydrogen) atoms. The van der Waals surface area contributed by atoms with Gasteiger partial charge in [0.15, 0.2) is 0 Å². The van der Waals surface area contributed by atoms with Crippen molar-refractivity contribution >= 4 is 21.8 Å². The molecular formula is C16H19BrN4O. The fourth-order valence-electron chi connectivity index (χ4n) is 2.70. The summed E-state index contributed by atoms with van der Waals surface area (Å²) in [5.74, 6) is -0.00697. The van der Waals surface area contributed by atoms with Crippen molar-refractivity contribution in [2.75, 3.05) is 20.1 Å². The van der Waals surface area contributed by atoms with Crippen molar-refractivity contribution in [2.24, 2.45) is 0 Å². The molecule has 2 heterocycles. The minimum Gasteiger partial charge on any atom is -0.336 e. The molecular weight excluding hydrogens is 344 g/mol. The lowest BCUT2D eigenvalue weighted by Crippen LogP contribution is -2.39. The number of halogens is 1. The Balaban J connectivity index is 1.93. The monoisotopic (exact) mass is 362 g/mol. The van der Waals surface area contributed by atoms with Crippen LogP contribution in [0.1, 0.15) is 22.5 Å². The van der Waals surface area contributed by atoms with Crippen LogP contribution in [0.25, 0.3) is 5.69 Å². The summed E-state index contributed by atoms with van der Waals surface area (Å²) in [4.78, 5) is 14.6. The molecule has 2 aromatic rings. The van der Waals surface area contributed by atoms with E-state index in [1.54, 1.807) is 10.7 Å². The Bertz CT molecular complexity index is 674. The van der Waals surface area contributed by atoms with Crippen molar-refractivity contribution in [1.82, 2.24) is 20.0 Å². The van der Waals surface area contributed by atoms with E-state index in [1.807, 2.05) is 43.1 Å². The highest BCUT2D eigenvalue weighted by Crippen LogP contribution is 2.20. The SMILES string of the molecule is Cc1ccc(-n2nc(Br)cc2C(=O)N(C)C2CCNC2)cc1. The second-order valence-electron chi connectivity index (χ2n) is 5.66. The van der Waals surface area contributed by atoms with Crippen LogP contribution >= 0.6 is 15.9 Å². The number of amides is 1. The van der Waals surface area contributed by atoms with Crippen molar-refractivity contribution in [3.63, 3.8) is 0 Å². The van der Waals surface area contributed by atoms with Gasteiger partial charge >= 0.3 is 0 Å². The summed E-state index contributed by atoms with van der Waals surface area (Å²) in [5, 5.41) is 7.70. The maximum absolute atomic E-state index is 12.8. The van der Waals surface area contributed by atoms with Crippen LogP contribution in [0.4, 0.5) is 0 Å². The van der Waals surface area contributed by atoms with Gasteiger partial charge < -0.3 is 10.2 Å². The minimum atomic E-state index is -0.00697. The Morgan fingerprint density at radius 3 is 2.77 bits per heavy atom. The first kappa shape index (κ1) is 15.2. The van der Waals surface area contributed by atoms with Gasteiger partial charge in [-0.15, -0.1) is 0 Å². The maximum Gasteiger partial charge on any atom is 0.272 e.